The second-order valence-electron chi connectivity index (χ2n) is 6.81. The van der Waals surface area contributed by atoms with Crippen molar-refractivity contribution >= 4 is 16.5 Å². The van der Waals surface area contributed by atoms with Crippen LogP contribution < -0.4 is 5.32 Å². The van der Waals surface area contributed by atoms with Gasteiger partial charge in [0.1, 0.15) is 6.23 Å². The zero-order valence-electron chi connectivity index (χ0n) is 14.2. The Balaban J connectivity index is 1.69. The van der Waals surface area contributed by atoms with Gasteiger partial charge in [-0.3, -0.25) is 0 Å². The largest absolute Gasteiger partial charge is 0.373 e. The Morgan fingerprint density at radius 3 is 2.00 bits per heavy atom. The fourth-order valence-electron chi connectivity index (χ4n) is 3.69. The topological polar surface area (TPSA) is 45.2 Å². The van der Waals surface area contributed by atoms with E-state index in [9.17, 15) is 5.11 Å². The van der Waals surface area contributed by atoms with E-state index < -0.39 is 6.23 Å². The smallest absolute Gasteiger partial charge is 0.184 e. The van der Waals surface area contributed by atoms with Crippen LogP contribution in [0.25, 0.3) is 0 Å². The van der Waals surface area contributed by atoms with Crippen molar-refractivity contribution in [2.75, 3.05) is 5.32 Å². The quantitative estimate of drug-likeness (QED) is 0.628. The molecule has 0 bridgehead atoms. The van der Waals surface area contributed by atoms with Crippen molar-refractivity contribution in [1.82, 2.24) is 4.98 Å². The number of benzene rings is 2. The van der Waals surface area contributed by atoms with E-state index in [0.717, 1.165) is 22.9 Å². The van der Waals surface area contributed by atoms with Crippen molar-refractivity contribution in [3.05, 3.63) is 82.9 Å². The molecule has 1 aliphatic rings. The summed E-state index contributed by atoms with van der Waals surface area (Å²) < 4.78 is 0. The van der Waals surface area contributed by atoms with Crippen LogP contribution in [0.2, 0.25) is 0 Å². The first kappa shape index (κ1) is 16.3. The number of aryl methyl sites for hydroxylation is 1. The van der Waals surface area contributed by atoms with E-state index in [1.807, 2.05) is 25.3 Å². The SMILES string of the molecule is Cc1cnc(NC(O)C2(C(c3ccccc3)c3ccccc3)CC2)s1. The van der Waals surface area contributed by atoms with Crippen molar-refractivity contribution in [2.24, 2.45) is 5.41 Å². The van der Waals surface area contributed by atoms with E-state index in [0.29, 0.717) is 0 Å². The molecule has 128 valence electrons. The Morgan fingerprint density at radius 1 is 1.00 bits per heavy atom. The third kappa shape index (κ3) is 3.20. The maximum Gasteiger partial charge on any atom is 0.184 e. The number of anilines is 1. The molecule has 4 heteroatoms. The molecule has 1 fully saturated rings. The second-order valence-corrected chi connectivity index (χ2v) is 8.05. The molecule has 3 nitrogen and oxygen atoms in total. The molecule has 1 heterocycles. The van der Waals surface area contributed by atoms with Crippen LogP contribution in [0.5, 0.6) is 0 Å². The Hall–Kier alpha value is -2.17. The van der Waals surface area contributed by atoms with Gasteiger partial charge < -0.3 is 10.4 Å². The van der Waals surface area contributed by atoms with Gasteiger partial charge in [-0.05, 0) is 30.9 Å². The normalized spacial score (nSPS) is 16.6. The first-order valence-electron chi connectivity index (χ1n) is 8.66. The minimum absolute atomic E-state index is 0.165. The lowest BCUT2D eigenvalue weighted by Gasteiger charge is -2.32. The predicted molar refractivity (Wildman–Crippen MR) is 103 cm³/mol. The molecule has 0 radical (unpaired) electrons. The number of hydrogen-bond donors (Lipinski definition) is 2. The van der Waals surface area contributed by atoms with Crippen LogP contribution in [0.15, 0.2) is 66.9 Å². The van der Waals surface area contributed by atoms with Crippen molar-refractivity contribution in [2.45, 2.75) is 31.9 Å². The average Bonchev–Trinajstić information content (AvgIpc) is 3.33. The highest BCUT2D eigenvalue weighted by atomic mass is 32.1. The molecule has 2 aromatic carbocycles. The van der Waals surface area contributed by atoms with Gasteiger partial charge >= 0.3 is 0 Å². The summed E-state index contributed by atoms with van der Waals surface area (Å²) >= 11 is 1.58. The lowest BCUT2D eigenvalue weighted by Crippen LogP contribution is -2.35. The number of aromatic nitrogens is 1. The Labute approximate surface area is 152 Å². The molecule has 1 atom stereocenters. The van der Waals surface area contributed by atoms with Gasteiger partial charge in [-0.1, -0.05) is 60.7 Å². The van der Waals surface area contributed by atoms with Gasteiger partial charge in [0, 0.05) is 22.4 Å². The summed E-state index contributed by atoms with van der Waals surface area (Å²) in [5, 5.41) is 15.1. The van der Waals surface area contributed by atoms with Crippen LogP contribution in [0.1, 0.15) is 34.8 Å². The predicted octanol–water partition coefficient (Wildman–Crippen LogP) is 4.79. The molecule has 25 heavy (non-hydrogen) atoms. The summed E-state index contributed by atoms with van der Waals surface area (Å²) in [6.07, 6.45) is 3.22. The summed E-state index contributed by atoms with van der Waals surface area (Å²) in [6, 6.07) is 21.0. The van der Waals surface area contributed by atoms with Crippen molar-refractivity contribution in [1.29, 1.82) is 0 Å². The monoisotopic (exact) mass is 350 g/mol. The number of thiazole rings is 1. The second kappa shape index (κ2) is 6.62. The van der Waals surface area contributed by atoms with Gasteiger partial charge in [0.25, 0.3) is 0 Å². The van der Waals surface area contributed by atoms with Crippen LogP contribution in [-0.2, 0) is 0 Å². The molecule has 2 N–H and O–H groups in total. The van der Waals surface area contributed by atoms with Crippen molar-refractivity contribution in [3.63, 3.8) is 0 Å². The highest BCUT2D eigenvalue weighted by Crippen LogP contribution is 2.60. The average molecular weight is 350 g/mol. The summed E-state index contributed by atoms with van der Waals surface area (Å²) in [5.41, 5.74) is 2.31. The summed E-state index contributed by atoms with van der Waals surface area (Å²) in [5.74, 6) is 0.165. The number of aliphatic hydroxyl groups excluding tert-OH is 1. The fraction of sp³-hybridized carbons (Fsp3) is 0.286. The number of nitrogens with zero attached hydrogens (tertiary/aromatic N) is 1. The van der Waals surface area contributed by atoms with E-state index in [1.54, 1.807) is 11.3 Å². The zero-order chi connectivity index (χ0) is 17.3. The van der Waals surface area contributed by atoms with Gasteiger partial charge in [-0.25, -0.2) is 4.98 Å². The first-order valence-corrected chi connectivity index (χ1v) is 9.48. The van der Waals surface area contributed by atoms with Crippen molar-refractivity contribution in [3.8, 4) is 0 Å². The van der Waals surface area contributed by atoms with E-state index in [4.69, 9.17) is 0 Å². The fourth-order valence-corrected chi connectivity index (χ4v) is 4.38. The molecule has 0 aliphatic heterocycles. The lowest BCUT2D eigenvalue weighted by molar-refractivity contribution is 0.108. The molecule has 3 aromatic rings. The number of nitrogens with one attached hydrogen (secondary N) is 1. The molecule has 0 spiro atoms. The summed E-state index contributed by atoms with van der Waals surface area (Å²) in [7, 11) is 0. The van der Waals surface area contributed by atoms with Crippen LogP contribution >= 0.6 is 11.3 Å². The maximum atomic E-state index is 11.1. The molecule has 1 unspecified atom stereocenters. The Kier molecular flexibility index (Phi) is 4.32. The number of hydrogen-bond acceptors (Lipinski definition) is 4. The molecule has 1 aromatic heterocycles. The Morgan fingerprint density at radius 2 is 1.56 bits per heavy atom. The van der Waals surface area contributed by atoms with Gasteiger partial charge in [0.05, 0.1) is 0 Å². The third-order valence-electron chi connectivity index (χ3n) is 5.09. The van der Waals surface area contributed by atoms with E-state index in [1.165, 1.54) is 11.1 Å². The zero-order valence-corrected chi connectivity index (χ0v) is 15.0. The van der Waals surface area contributed by atoms with Gasteiger partial charge in [0.15, 0.2) is 5.13 Å². The molecule has 0 saturated heterocycles. The van der Waals surface area contributed by atoms with E-state index in [2.05, 4.69) is 58.8 Å². The molecular formula is C21H22N2OS. The molecule has 1 aliphatic carbocycles. The highest BCUT2D eigenvalue weighted by Gasteiger charge is 2.55. The molecule has 0 amide bonds. The molecular weight excluding hydrogens is 328 g/mol. The minimum Gasteiger partial charge on any atom is -0.373 e. The van der Waals surface area contributed by atoms with E-state index >= 15 is 0 Å². The highest BCUT2D eigenvalue weighted by molar-refractivity contribution is 7.15. The minimum atomic E-state index is -0.622. The number of rotatable bonds is 6. The number of aliphatic hydroxyl groups is 1. The molecule has 1 saturated carbocycles. The van der Waals surface area contributed by atoms with Gasteiger partial charge in [-0.15, -0.1) is 11.3 Å². The van der Waals surface area contributed by atoms with Crippen LogP contribution in [0, 0.1) is 12.3 Å². The van der Waals surface area contributed by atoms with Crippen LogP contribution in [-0.4, -0.2) is 16.3 Å². The molecule has 4 rings (SSSR count). The summed E-state index contributed by atoms with van der Waals surface area (Å²) in [4.78, 5) is 5.49. The first-order chi connectivity index (χ1) is 12.2. The standard InChI is InChI=1S/C21H22N2OS/c1-15-14-22-20(25-15)23-19(24)21(12-13-21)18(16-8-4-2-5-9-16)17-10-6-3-7-11-17/h2-11,14,18-19,24H,12-13H2,1H3,(H,22,23). The van der Waals surface area contributed by atoms with E-state index in [-0.39, 0.29) is 11.3 Å². The van der Waals surface area contributed by atoms with Crippen molar-refractivity contribution < 1.29 is 5.11 Å². The summed E-state index contributed by atoms with van der Waals surface area (Å²) in [6.45, 7) is 2.03. The van der Waals surface area contributed by atoms with Gasteiger partial charge in [0.2, 0.25) is 0 Å². The van der Waals surface area contributed by atoms with Gasteiger partial charge in [-0.2, -0.15) is 0 Å². The Bertz CT molecular complexity index is 788. The van der Waals surface area contributed by atoms with Crippen LogP contribution in [0.3, 0.4) is 0 Å². The van der Waals surface area contributed by atoms with Crippen LogP contribution in [0.4, 0.5) is 5.13 Å². The maximum absolute atomic E-state index is 11.1. The third-order valence-corrected chi connectivity index (χ3v) is 5.94. The lowest BCUT2D eigenvalue weighted by atomic mass is 9.77.